The molecule has 0 saturated carbocycles. The maximum atomic E-state index is 12.0. The van der Waals surface area contributed by atoms with Gasteiger partial charge in [0.15, 0.2) is 0 Å². The lowest BCUT2D eigenvalue weighted by atomic mass is 10.0. The summed E-state index contributed by atoms with van der Waals surface area (Å²) >= 11 is 6.04. The molecule has 0 atom stereocenters. The zero-order valence-electron chi connectivity index (χ0n) is 15.8. The van der Waals surface area contributed by atoms with E-state index in [1.54, 1.807) is 29.9 Å². The minimum Gasteiger partial charge on any atom is -0.478 e. The number of nitrogens with two attached hydrogens (primary N) is 1. The van der Waals surface area contributed by atoms with E-state index in [0.29, 0.717) is 27.6 Å². The molecule has 0 aliphatic carbocycles. The number of aromatic nitrogens is 3. The normalized spacial score (nSPS) is 10.9. The van der Waals surface area contributed by atoms with Crippen LogP contribution in [0.2, 0.25) is 5.28 Å². The van der Waals surface area contributed by atoms with E-state index in [2.05, 4.69) is 15.3 Å². The molecule has 0 fully saturated rings. The number of hydrogen-bond acceptors (Lipinski definition) is 5. The molecule has 4 rings (SSSR count). The highest BCUT2D eigenvalue weighted by atomic mass is 35.5. The van der Waals surface area contributed by atoms with E-state index in [9.17, 15) is 14.7 Å². The quantitative estimate of drug-likeness (QED) is 0.450. The van der Waals surface area contributed by atoms with Crippen LogP contribution in [0.3, 0.4) is 0 Å². The Morgan fingerprint density at radius 1 is 1.13 bits per heavy atom. The van der Waals surface area contributed by atoms with E-state index in [4.69, 9.17) is 17.3 Å². The van der Waals surface area contributed by atoms with Crippen molar-refractivity contribution < 1.29 is 14.7 Å². The van der Waals surface area contributed by atoms with Crippen molar-refractivity contribution in [2.75, 3.05) is 5.32 Å². The minimum absolute atomic E-state index is 0.120. The van der Waals surface area contributed by atoms with Crippen LogP contribution in [-0.2, 0) is 7.05 Å². The number of primary amides is 1. The Morgan fingerprint density at radius 3 is 2.60 bits per heavy atom. The number of benzene rings is 2. The van der Waals surface area contributed by atoms with E-state index in [1.165, 1.54) is 18.3 Å². The monoisotopic (exact) mass is 421 g/mol. The van der Waals surface area contributed by atoms with Crippen molar-refractivity contribution in [3.05, 3.63) is 71.3 Å². The highest BCUT2D eigenvalue weighted by Crippen LogP contribution is 2.32. The molecule has 0 aliphatic rings. The van der Waals surface area contributed by atoms with Gasteiger partial charge < -0.3 is 20.7 Å². The van der Waals surface area contributed by atoms with Gasteiger partial charge in [0.2, 0.25) is 5.28 Å². The number of nitrogens with zero attached hydrogens (tertiary/aromatic N) is 3. The molecule has 9 heteroatoms. The number of halogens is 1. The average Bonchev–Trinajstić information content (AvgIpc) is 3.06. The van der Waals surface area contributed by atoms with Crippen LogP contribution in [0.1, 0.15) is 20.7 Å². The first-order valence-electron chi connectivity index (χ1n) is 8.85. The first-order chi connectivity index (χ1) is 14.3. The predicted octanol–water partition coefficient (Wildman–Crippen LogP) is 3.83. The van der Waals surface area contributed by atoms with Gasteiger partial charge in [0.05, 0.1) is 34.2 Å². The summed E-state index contributed by atoms with van der Waals surface area (Å²) in [5.74, 6) is -1.70. The summed E-state index contributed by atoms with van der Waals surface area (Å²) < 4.78 is 1.75. The van der Waals surface area contributed by atoms with Gasteiger partial charge in [-0.2, -0.15) is 0 Å². The molecule has 0 radical (unpaired) electrons. The molecule has 150 valence electrons. The number of fused-ring (bicyclic) bond motifs is 1. The van der Waals surface area contributed by atoms with Gasteiger partial charge in [0.25, 0.3) is 5.91 Å². The van der Waals surface area contributed by atoms with Crippen molar-refractivity contribution in [3.63, 3.8) is 0 Å². The van der Waals surface area contributed by atoms with E-state index in [1.807, 2.05) is 18.2 Å². The fourth-order valence-electron chi connectivity index (χ4n) is 3.20. The summed E-state index contributed by atoms with van der Waals surface area (Å²) in [4.78, 5) is 31.7. The maximum Gasteiger partial charge on any atom is 0.335 e. The van der Waals surface area contributed by atoms with Gasteiger partial charge in [-0.05, 0) is 35.9 Å². The van der Waals surface area contributed by atoms with Crippen LogP contribution in [0.4, 0.5) is 11.4 Å². The lowest BCUT2D eigenvalue weighted by Gasteiger charge is -2.14. The van der Waals surface area contributed by atoms with Crippen LogP contribution in [0, 0.1) is 0 Å². The number of hydrogen-bond donors (Lipinski definition) is 3. The fourth-order valence-corrected chi connectivity index (χ4v) is 3.34. The minimum atomic E-state index is -1.05. The number of amides is 1. The lowest BCUT2D eigenvalue weighted by molar-refractivity contribution is 0.0696. The van der Waals surface area contributed by atoms with Crippen molar-refractivity contribution in [1.82, 2.24) is 14.5 Å². The summed E-state index contributed by atoms with van der Waals surface area (Å²) in [6, 6.07) is 11.8. The molecular weight excluding hydrogens is 406 g/mol. The van der Waals surface area contributed by atoms with Gasteiger partial charge in [-0.3, -0.25) is 9.78 Å². The molecule has 8 nitrogen and oxygen atoms in total. The van der Waals surface area contributed by atoms with Crippen molar-refractivity contribution in [2.45, 2.75) is 0 Å². The summed E-state index contributed by atoms with van der Waals surface area (Å²) in [6.07, 6.45) is 3.06. The Labute approximate surface area is 175 Å². The summed E-state index contributed by atoms with van der Waals surface area (Å²) in [7, 11) is 1.81. The lowest BCUT2D eigenvalue weighted by Crippen LogP contribution is -2.14. The molecule has 1 amide bonds. The van der Waals surface area contributed by atoms with Crippen molar-refractivity contribution in [2.24, 2.45) is 12.8 Å². The number of anilines is 2. The van der Waals surface area contributed by atoms with Crippen LogP contribution < -0.4 is 11.1 Å². The van der Waals surface area contributed by atoms with Crippen molar-refractivity contribution >= 4 is 45.8 Å². The third-order valence-corrected chi connectivity index (χ3v) is 5.09. The highest BCUT2D eigenvalue weighted by Gasteiger charge is 2.16. The van der Waals surface area contributed by atoms with E-state index >= 15 is 0 Å². The van der Waals surface area contributed by atoms with Crippen LogP contribution in [0.5, 0.6) is 0 Å². The number of carboxylic acids is 1. The van der Waals surface area contributed by atoms with Crippen LogP contribution in [0.15, 0.2) is 54.9 Å². The van der Waals surface area contributed by atoms with Crippen LogP contribution in [-0.4, -0.2) is 31.5 Å². The van der Waals surface area contributed by atoms with Gasteiger partial charge in [0, 0.05) is 29.9 Å². The molecule has 4 N–H and O–H groups in total. The number of rotatable bonds is 5. The Balaban J connectivity index is 1.85. The Morgan fingerprint density at radius 2 is 1.93 bits per heavy atom. The molecule has 0 bridgehead atoms. The predicted molar refractivity (Wildman–Crippen MR) is 114 cm³/mol. The molecule has 0 unspecified atom stereocenters. The zero-order valence-corrected chi connectivity index (χ0v) is 16.5. The zero-order chi connectivity index (χ0) is 21.4. The number of carbonyl (C=O) groups is 2. The van der Waals surface area contributed by atoms with Gasteiger partial charge >= 0.3 is 5.97 Å². The molecule has 4 aromatic rings. The largest absolute Gasteiger partial charge is 0.478 e. The van der Waals surface area contributed by atoms with Crippen molar-refractivity contribution in [1.29, 1.82) is 0 Å². The molecule has 30 heavy (non-hydrogen) atoms. The molecule has 2 aromatic heterocycles. The maximum absolute atomic E-state index is 12.0. The first-order valence-corrected chi connectivity index (χ1v) is 9.23. The topological polar surface area (TPSA) is 123 Å². The Kier molecular flexibility index (Phi) is 4.85. The number of carboxylic acid groups (broad SMARTS) is 1. The third-order valence-electron chi connectivity index (χ3n) is 4.74. The van der Waals surface area contributed by atoms with Gasteiger partial charge in [0.1, 0.15) is 0 Å². The van der Waals surface area contributed by atoms with Crippen molar-refractivity contribution in [3.8, 4) is 11.3 Å². The second-order valence-corrected chi connectivity index (χ2v) is 6.96. The number of imidazole rings is 1. The Hall–Kier alpha value is -3.91. The summed E-state index contributed by atoms with van der Waals surface area (Å²) in [5, 5.41) is 13.4. The average molecular weight is 422 g/mol. The molecule has 0 saturated heterocycles. The third kappa shape index (κ3) is 3.44. The van der Waals surface area contributed by atoms with E-state index in [-0.39, 0.29) is 11.1 Å². The number of pyridine rings is 1. The molecular formula is C21H16ClN5O3. The van der Waals surface area contributed by atoms with Crippen LogP contribution >= 0.6 is 11.6 Å². The molecule has 0 aliphatic heterocycles. The highest BCUT2D eigenvalue weighted by molar-refractivity contribution is 6.28. The second-order valence-electron chi connectivity index (χ2n) is 6.63. The SMILES string of the molecule is Cn1c(-c2ccc3c(Nc4cccc(C(=O)O)c4)c(C(N)=O)cnc3c2)cnc1Cl. The van der Waals surface area contributed by atoms with E-state index in [0.717, 1.165) is 11.3 Å². The molecule has 0 spiro atoms. The van der Waals surface area contributed by atoms with Gasteiger partial charge in [-0.25, -0.2) is 9.78 Å². The Bertz CT molecular complexity index is 1320. The standard InChI is InChI=1S/C21H16ClN5O3/c1-27-17(10-25-21(27)22)11-5-6-14-16(8-11)24-9-15(19(23)28)18(14)26-13-4-2-3-12(7-13)20(29)30/h2-10H,1H3,(H2,23,28)(H,24,26)(H,29,30). The summed E-state index contributed by atoms with van der Waals surface area (Å²) in [5.41, 5.74) is 9.09. The van der Waals surface area contributed by atoms with E-state index < -0.39 is 11.9 Å². The second kappa shape index (κ2) is 7.49. The molecule has 2 heterocycles. The van der Waals surface area contributed by atoms with Crippen LogP contribution in [0.25, 0.3) is 22.2 Å². The first kappa shape index (κ1) is 19.4. The molecule has 2 aromatic carbocycles. The number of carbonyl (C=O) groups excluding carboxylic acids is 1. The number of aromatic carboxylic acids is 1. The van der Waals surface area contributed by atoms with Gasteiger partial charge in [-0.1, -0.05) is 18.2 Å². The smallest absolute Gasteiger partial charge is 0.335 e. The summed E-state index contributed by atoms with van der Waals surface area (Å²) in [6.45, 7) is 0. The van der Waals surface area contributed by atoms with Gasteiger partial charge in [-0.15, -0.1) is 0 Å². The number of nitrogens with one attached hydrogen (secondary N) is 1. The fraction of sp³-hybridized carbons (Fsp3) is 0.0476.